The lowest BCUT2D eigenvalue weighted by Gasteiger charge is -2.14. The highest BCUT2D eigenvalue weighted by Crippen LogP contribution is 2.29. The minimum atomic E-state index is 0.160. The van der Waals surface area contributed by atoms with E-state index in [4.69, 9.17) is 9.72 Å². The molecular formula is C22H25N3O2. The molecule has 0 saturated carbocycles. The molecule has 2 aromatic carbocycles. The van der Waals surface area contributed by atoms with E-state index in [0.717, 1.165) is 42.1 Å². The molecule has 0 bridgehead atoms. The largest absolute Gasteiger partial charge is 0.494 e. The normalized spacial score (nSPS) is 17.0. The summed E-state index contributed by atoms with van der Waals surface area (Å²) in [5.41, 5.74) is 3.35. The number of imidazole rings is 1. The maximum Gasteiger partial charge on any atom is 0.223 e. The molecule has 0 aliphatic carbocycles. The van der Waals surface area contributed by atoms with E-state index in [2.05, 4.69) is 29.7 Å². The number of benzene rings is 2. The SMILES string of the molecule is Cc1ccc(OCCCn2c(C3CC(=O)N(C)C3)nc3ccccc32)cc1. The average molecular weight is 363 g/mol. The van der Waals surface area contributed by atoms with Gasteiger partial charge in [0.2, 0.25) is 5.91 Å². The van der Waals surface area contributed by atoms with Crippen LogP contribution in [0.4, 0.5) is 0 Å². The highest BCUT2D eigenvalue weighted by atomic mass is 16.5. The fraction of sp³-hybridized carbons (Fsp3) is 0.364. The predicted molar refractivity (Wildman–Crippen MR) is 106 cm³/mol. The predicted octanol–water partition coefficient (Wildman–Crippen LogP) is 3.76. The highest BCUT2D eigenvalue weighted by molar-refractivity contribution is 5.80. The number of carbonyl (C=O) groups is 1. The number of carbonyl (C=O) groups excluding carboxylic acids is 1. The second kappa shape index (κ2) is 7.43. The van der Waals surface area contributed by atoms with Gasteiger partial charge in [-0.25, -0.2) is 4.98 Å². The van der Waals surface area contributed by atoms with Crippen molar-refractivity contribution < 1.29 is 9.53 Å². The van der Waals surface area contributed by atoms with E-state index in [9.17, 15) is 4.79 Å². The Morgan fingerprint density at radius 1 is 1.15 bits per heavy atom. The third-order valence-electron chi connectivity index (χ3n) is 5.21. The Labute approximate surface area is 159 Å². The number of fused-ring (bicyclic) bond motifs is 1. The molecule has 5 heteroatoms. The lowest BCUT2D eigenvalue weighted by atomic mass is 10.1. The summed E-state index contributed by atoms with van der Waals surface area (Å²) in [7, 11) is 1.87. The molecule has 5 nitrogen and oxygen atoms in total. The number of ether oxygens (including phenoxy) is 1. The Balaban J connectivity index is 1.49. The van der Waals surface area contributed by atoms with Crippen molar-refractivity contribution in [3.05, 3.63) is 59.9 Å². The van der Waals surface area contributed by atoms with Crippen molar-refractivity contribution in [1.29, 1.82) is 0 Å². The van der Waals surface area contributed by atoms with Crippen molar-refractivity contribution in [2.24, 2.45) is 0 Å². The summed E-state index contributed by atoms with van der Waals surface area (Å²) < 4.78 is 8.14. The molecule has 1 unspecified atom stereocenters. The second-order valence-corrected chi connectivity index (χ2v) is 7.30. The van der Waals surface area contributed by atoms with Crippen molar-refractivity contribution in [2.45, 2.75) is 32.2 Å². The summed E-state index contributed by atoms with van der Waals surface area (Å²) in [6, 6.07) is 16.3. The molecule has 1 aromatic heterocycles. The van der Waals surface area contributed by atoms with Gasteiger partial charge in [-0.15, -0.1) is 0 Å². The molecule has 1 aliphatic rings. The summed E-state index contributed by atoms with van der Waals surface area (Å²) in [6.45, 7) is 4.29. The van der Waals surface area contributed by atoms with Crippen LogP contribution in [0.15, 0.2) is 48.5 Å². The minimum Gasteiger partial charge on any atom is -0.494 e. The maximum absolute atomic E-state index is 12.0. The monoisotopic (exact) mass is 363 g/mol. The number of aryl methyl sites for hydroxylation is 2. The van der Waals surface area contributed by atoms with Gasteiger partial charge in [-0.3, -0.25) is 4.79 Å². The van der Waals surface area contributed by atoms with Gasteiger partial charge in [0.05, 0.1) is 17.6 Å². The Morgan fingerprint density at radius 2 is 1.93 bits per heavy atom. The first-order chi connectivity index (χ1) is 13.1. The van der Waals surface area contributed by atoms with Crippen LogP contribution in [0.5, 0.6) is 5.75 Å². The van der Waals surface area contributed by atoms with E-state index < -0.39 is 0 Å². The van der Waals surface area contributed by atoms with E-state index in [-0.39, 0.29) is 11.8 Å². The molecule has 2 heterocycles. The molecule has 140 valence electrons. The fourth-order valence-corrected chi connectivity index (χ4v) is 3.72. The summed E-state index contributed by atoms with van der Waals surface area (Å²) >= 11 is 0. The number of rotatable bonds is 6. The van der Waals surface area contributed by atoms with Gasteiger partial charge in [0.25, 0.3) is 0 Å². The van der Waals surface area contributed by atoms with Crippen LogP contribution in [-0.4, -0.2) is 40.6 Å². The number of nitrogens with zero attached hydrogens (tertiary/aromatic N) is 3. The molecule has 1 atom stereocenters. The molecule has 27 heavy (non-hydrogen) atoms. The average Bonchev–Trinajstić information content (AvgIpc) is 3.20. The molecule has 1 fully saturated rings. The van der Waals surface area contributed by atoms with Gasteiger partial charge in [0.1, 0.15) is 11.6 Å². The van der Waals surface area contributed by atoms with Crippen molar-refractivity contribution in [3.8, 4) is 5.75 Å². The number of hydrogen-bond acceptors (Lipinski definition) is 3. The molecule has 0 N–H and O–H groups in total. The summed E-state index contributed by atoms with van der Waals surface area (Å²) in [5.74, 6) is 2.28. The zero-order valence-corrected chi connectivity index (χ0v) is 15.9. The molecule has 0 radical (unpaired) electrons. The molecule has 4 rings (SSSR count). The summed E-state index contributed by atoms with van der Waals surface area (Å²) in [6.07, 6.45) is 1.43. The van der Waals surface area contributed by atoms with Crippen LogP contribution in [0.1, 0.15) is 30.1 Å². The molecule has 0 spiro atoms. The lowest BCUT2D eigenvalue weighted by Crippen LogP contribution is -2.19. The van der Waals surface area contributed by atoms with Crippen LogP contribution in [0.25, 0.3) is 11.0 Å². The zero-order chi connectivity index (χ0) is 18.8. The van der Waals surface area contributed by atoms with Crippen LogP contribution in [0.2, 0.25) is 0 Å². The number of likely N-dealkylation sites (tertiary alicyclic amines) is 1. The van der Waals surface area contributed by atoms with E-state index in [0.29, 0.717) is 13.0 Å². The zero-order valence-electron chi connectivity index (χ0n) is 15.9. The van der Waals surface area contributed by atoms with Gasteiger partial charge in [0, 0.05) is 32.5 Å². The van der Waals surface area contributed by atoms with Gasteiger partial charge in [-0.05, 0) is 37.6 Å². The minimum absolute atomic E-state index is 0.160. The van der Waals surface area contributed by atoms with Crippen molar-refractivity contribution >= 4 is 16.9 Å². The Kier molecular flexibility index (Phi) is 4.84. The Bertz CT molecular complexity index is 946. The lowest BCUT2D eigenvalue weighted by molar-refractivity contribution is -0.126. The first-order valence-electron chi connectivity index (χ1n) is 9.50. The van der Waals surface area contributed by atoms with Crippen LogP contribution in [0, 0.1) is 6.92 Å². The van der Waals surface area contributed by atoms with Gasteiger partial charge in [-0.2, -0.15) is 0 Å². The third-order valence-corrected chi connectivity index (χ3v) is 5.21. The number of hydrogen-bond donors (Lipinski definition) is 0. The molecule has 1 aliphatic heterocycles. The van der Waals surface area contributed by atoms with Crippen molar-refractivity contribution in [2.75, 3.05) is 20.2 Å². The summed E-state index contributed by atoms with van der Waals surface area (Å²) in [4.78, 5) is 18.6. The van der Waals surface area contributed by atoms with Crippen LogP contribution in [0.3, 0.4) is 0 Å². The van der Waals surface area contributed by atoms with Gasteiger partial charge in [-0.1, -0.05) is 29.8 Å². The van der Waals surface area contributed by atoms with E-state index >= 15 is 0 Å². The van der Waals surface area contributed by atoms with E-state index in [1.165, 1.54) is 5.56 Å². The smallest absolute Gasteiger partial charge is 0.223 e. The Morgan fingerprint density at radius 3 is 2.67 bits per heavy atom. The first kappa shape index (κ1) is 17.6. The van der Waals surface area contributed by atoms with E-state index in [1.807, 2.05) is 37.4 Å². The highest BCUT2D eigenvalue weighted by Gasteiger charge is 2.31. The fourth-order valence-electron chi connectivity index (χ4n) is 3.72. The van der Waals surface area contributed by atoms with Crippen LogP contribution in [-0.2, 0) is 11.3 Å². The standard InChI is InChI=1S/C22H25N3O2/c1-16-8-10-18(11-9-16)27-13-5-12-25-20-7-4-3-6-19(20)23-22(25)17-14-21(26)24(2)15-17/h3-4,6-11,17H,5,12-15H2,1-2H3. The van der Waals surface area contributed by atoms with Gasteiger partial charge in [0.15, 0.2) is 0 Å². The Hall–Kier alpha value is -2.82. The van der Waals surface area contributed by atoms with Crippen molar-refractivity contribution in [1.82, 2.24) is 14.5 Å². The maximum atomic E-state index is 12.0. The van der Waals surface area contributed by atoms with Crippen LogP contribution >= 0.6 is 0 Å². The van der Waals surface area contributed by atoms with Crippen LogP contribution < -0.4 is 4.74 Å². The number of aromatic nitrogens is 2. The third kappa shape index (κ3) is 3.68. The van der Waals surface area contributed by atoms with Crippen molar-refractivity contribution in [3.63, 3.8) is 0 Å². The van der Waals surface area contributed by atoms with E-state index in [1.54, 1.807) is 4.90 Å². The first-order valence-corrected chi connectivity index (χ1v) is 9.50. The molecule has 1 amide bonds. The van der Waals surface area contributed by atoms with Gasteiger partial charge < -0.3 is 14.2 Å². The second-order valence-electron chi connectivity index (χ2n) is 7.30. The number of amides is 1. The summed E-state index contributed by atoms with van der Waals surface area (Å²) in [5, 5.41) is 0. The molecule has 1 saturated heterocycles. The number of para-hydroxylation sites is 2. The van der Waals surface area contributed by atoms with Gasteiger partial charge >= 0.3 is 0 Å². The number of likely N-dealkylation sites (N-methyl/N-ethyl adjacent to an activating group) is 1. The topological polar surface area (TPSA) is 47.4 Å². The molecule has 3 aromatic rings. The quantitative estimate of drug-likeness (QED) is 0.627. The molecular weight excluding hydrogens is 338 g/mol.